The minimum atomic E-state index is 0.304. The summed E-state index contributed by atoms with van der Waals surface area (Å²) in [5.41, 5.74) is 2.77. The first kappa shape index (κ1) is 14.3. The molecule has 20 heavy (non-hydrogen) atoms. The van der Waals surface area contributed by atoms with Gasteiger partial charge in [0, 0.05) is 14.3 Å². The molecular formula is C17H17BrS2. The Morgan fingerprint density at radius 3 is 2.40 bits per heavy atom. The van der Waals surface area contributed by atoms with E-state index >= 15 is 0 Å². The highest BCUT2D eigenvalue weighted by Crippen LogP contribution is 2.40. The summed E-state index contributed by atoms with van der Waals surface area (Å²) in [6, 6.07) is 13.6. The molecule has 2 unspecified atom stereocenters. The molecule has 0 saturated carbocycles. The highest BCUT2D eigenvalue weighted by molar-refractivity contribution is 9.09. The second-order valence-corrected chi connectivity index (χ2v) is 8.12. The normalized spacial score (nSPS) is 14.6. The number of rotatable bonds is 4. The van der Waals surface area contributed by atoms with Crippen molar-refractivity contribution in [1.82, 2.24) is 0 Å². The van der Waals surface area contributed by atoms with Gasteiger partial charge in [-0.25, -0.2) is 0 Å². The zero-order chi connectivity index (χ0) is 14.1. The quantitative estimate of drug-likeness (QED) is 0.438. The van der Waals surface area contributed by atoms with E-state index in [1.165, 1.54) is 31.8 Å². The van der Waals surface area contributed by atoms with Crippen molar-refractivity contribution < 1.29 is 0 Å². The van der Waals surface area contributed by atoms with Crippen LogP contribution < -0.4 is 0 Å². The lowest BCUT2D eigenvalue weighted by Crippen LogP contribution is -1.94. The minimum Gasteiger partial charge on any atom is -0.143 e. The number of thiophene rings is 2. The molecule has 0 N–H and O–H groups in total. The third-order valence-corrected chi connectivity index (χ3v) is 7.30. The number of halogens is 1. The van der Waals surface area contributed by atoms with Crippen molar-refractivity contribution in [1.29, 1.82) is 0 Å². The molecule has 0 spiro atoms. The maximum Gasteiger partial charge on any atom is 0.0738 e. The SMILES string of the molecule is CCC(C)c1ccc(C(Br)c2cc3sccc3s2)cc1. The van der Waals surface area contributed by atoms with E-state index in [0.717, 1.165) is 0 Å². The molecule has 0 fully saturated rings. The fourth-order valence-corrected chi connectivity index (χ4v) is 5.15. The molecule has 104 valence electrons. The average molecular weight is 365 g/mol. The molecule has 0 amide bonds. The van der Waals surface area contributed by atoms with Gasteiger partial charge >= 0.3 is 0 Å². The summed E-state index contributed by atoms with van der Waals surface area (Å²) in [5.74, 6) is 0.643. The Bertz CT molecular complexity index is 665. The molecule has 2 aromatic heterocycles. The van der Waals surface area contributed by atoms with Crippen LogP contribution in [-0.4, -0.2) is 0 Å². The summed E-state index contributed by atoms with van der Waals surface area (Å²) >= 11 is 7.56. The highest BCUT2D eigenvalue weighted by Gasteiger charge is 2.14. The van der Waals surface area contributed by atoms with Gasteiger partial charge in [0.2, 0.25) is 0 Å². The molecule has 0 nitrogen and oxygen atoms in total. The summed E-state index contributed by atoms with van der Waals surface area (Å²) in [4.78, 5) is 1.70. The van der Waals surface area contributed by atoms with Crippen molar-refractivity contribution in [3.8, 4) is 0 Å². The average Bonchev–Trinajstić information content (AvgIpc) is 3.07. The van der Waals surface area contributed by atoms with Crippen LogP contribution in [0.2, 0.25) is 0 Å². The predicted molar refractivity (Wildman–Crippen MR) is 95.6 cm³/mol. The van der Waals surface area contributed by atoms with Crippen LogP contribution in [0.15, 0.2) is 41.8 Å². The molecule has 3 rings (SSSR count). The van der Waals surface area contributed by atoms with Gasteiger partial charge in [-0.1, -0.05) is 54.0 Å². The first-order chi connectivity index (χ1) is 9.69. The van der Waals surface area contributed by atoms with E-state index < -0.39 is 0 Å². The van der Waals surface area contributed by atoms with Gasteiger partial charge in [-0.05, 0) is 41.0 Å². The third kappa shape index (κ3) is 2.72. The van der Waals surface area contributed by atoms with Gasteiger partial charge in [-0.2, -0.15) is 0 Å². The van der Waals surface area contributed by atoms with Gasteiger partial charge in [-0.15, -0.1) is 22.7 Å². The molecule has 0 aliphatic carbocycles. The smallest absolute Gasteiger partial charge is 0.0738 e. The molecule has 0 saturated heterocycles. The molecule has 3 aromatic rings. The van der Waals surface area contributed by atoms with E-state index in [9.17, 15) is 0 Å². The Morgan fingerprint density at radius 2 is 1.75 bits per heavy atom. The van der Waals surface area contributed by atoms with Crippen LogP contribution in [0.3, 0.4) is 0 Å². The zero-order valence-corrected chi connectivity index (χ0v) is 14.8. The van der Waals surface area contributed by atoms with Crippen LogP contribution >= 0.6 is 38.6 Å². The fraction of sp³-hybridized carbons (Fsp3) is 0.294. The first-order valence-electron chi connectivity index (χ1n) is 6.90. The predicted octanol–water partition coefficient (Wildman–Crippen LogP) is 6.96. The summed E-state index contributed by atoms with van der Waals surface area (Å²) in [7, 11) is 0. The summed E-state index contributed by atoms with van der Waals surface area (Å²) in [5, 5.41) is 2.16. The second kappa shape index (κ2) is 6.00. The van der Waals surface area contributed by atoms with Crippen LogP contribution in [-0.2, 0) is 0 Å². The standard InChI is InChI=1S/C17H17BrS2/c1-3-11(2)12-4-6-13(7-5-12)17(18)16-10-15-14(20-16)8-9-19-15/h4-11,17H,3H2,1-2H3. The molecule has 2 atom stereocenters. The van der Waals surface area contributed by atoms with Crippen LogP contribution in [0, 0.1) is 0 Å². The van der Waals surface area contributed by atoms with Gasteiger partial charge in [0.15, 0.2) is 0 Å². The minimum absolute atomic E-state index is 0.304. The maximum absolute atomic E-state index is 3.85. The van der Waals surface area contributed by atoms with E-state index in [-0.39, 0.29) is 0 Å². The van der Waals surface area contributed by atoms with Crippen molar-refractivity contribution in [2.24, 2.45) is 0 Å². The van der Waals surface area contributed by atoms with Crippen molar-refractivity contribution in [3.05, 3.63) is 57.8 Å². The van der Waals surface area contributed by atoms with Crippen molar-refractivity contribution >= 4 is 48.0 Å². The molecule has 1 aromatic carbocycles. The molecule has 2 heterocycles. The number of alkyl halides is 1. The number of hydrogen-bond donors (Lipinski definition) is 0. The van der Waals surface area contributed by atoms with Crippen molar-refractivity contribution in [2.45, 2.75) is 31.0 Å². The Balaban J connectivity index is 1.86. The molecule has 0 aliphatic rings. The van der Waals surface area contributed by atoms with Crippen molar-refractivity contribution in [2.75, 3.05) is 0 Å². The topological polar surface area (TPSA) is 0 Å². The number of fused-ring (bicyclic) bond motifs is 1. The molecule has 3 heteroatoms. The first-order valence-corrected chi connectivity index (χ1v) is 9.51. The van der Waals surface area contributed by atoms with Gasteiger partial charge < -0.3 is 0 Å². The lowest BCUT2D eigenvalue weighted by atomic mass is 9.97. The van der Waals surface area contributed by atoms with Gasteiger partial charge in [0.05, 0.1) is 4.83 Å². The van der Waals surface area contributed by atoms with Crippen molar-refractivity contribution in [3.63, 3.8) is 0 Å². The molecular weight excluding hydrogens is 348 g/mol. The van der Waals surface area contributed by atoms with Crippen LogP contribution in [0.5, 0.6) is 0 Å². The Kier molecular flexibility index (Phi) is 4.29. The lowest BCUT2D eigenvalue weighted by molar-refractivity contribution is 0.733. The maximum atomic E-state index is 3.85. The van der Waals surface area contributed by atoms with E-state index in [2.05, 4.69) is 71.6 Å². The number of benzene rings is 1. The van der Waals surface area contributed by atoms with Gasteiger partial charge in [-0.3, -0.25) is 0 Å². The fourth-order valence-electron chi connectivity index (χ4n) is 2.30. The monoisotopic (exact) mass is 364 g/mol. The Hall–Kier alpha value is -0.640. The largest absolute Gasteiger partial charge is 0.143 e. The van der Waals surface area contributed by atoms with E-state index in [1.54, 1.807) is 0 Å². The zero-order valence-electron chi connectivity index (χ0n) is 11.6. The van der Waals surface area contributed by atoms with E-state index in [4.69, 9.17) is 0 Å². The molecule has 0 bridgehead atoms. The number of hydrogen-bond acceptors (Lipinski definition) is 2. The second-order valence-electron chi connectivity index (χ2n) is 5.14. The van der Waals surface area contributed by atoms with Crippen LogP contribution in [0.1, 0.15) is 47.0 Å². The summed E-state index contributed by atoms with van der Waals surface area (Å²) in [6.07, 6.45) is 1.19. The molecule has 0 radical (unpaired) electrons. The summed E-state index contributed by atoms with van der Waals surface area (Å²) < 4.78 is 2.79. The summed E-state index contributed by atoms with van der Waals surface area (Å²) in [6.45, 7) is 4.53. The van der Waals surface area contributed by atoms with Crippen LogP contribution in [0.4, 0.5) is 0 Å². The van der Waals surface area contributed by atoms with E-state index in [0.29, 0.717) is 10.7 Å². The van der Waals surface area contributed by atoms with Gasteiger partial charge in [0.1, 0.15) is 0 Å². The lowest BCUT2D eigenvalue weighted by Gasteiger charge is -2.12. The van der Waals surface area contributed by atoms with Gasteiger partial charge in [0.25, 0.3) is 0 Å². The highest BCUT2D eigenvalue weighted by atomic mass is 79.9. The van der Waals surface area contributed by atoms with Crippen LogP contribution in [0.25, 0.3) is 9.40 Å². The Morgan fingerprint density at radius 1 is 1.05 bits per heavy atom. The third-order valence-electron chi connectivity index (χ3n) is 3.82. The van der Waals surface area contributed by atoms with E-state index in [1.807, 2.05) is 22.7 Å². The Labute approximate surface area is 136 Å². The molecule has 0 aliphatic heterocycles.